The van der Waals surface area contributed by atoms with Gasteiger partial charge in [0.05, 0.1) is 18.4 Å². The second-order valence-electron chi connectivity index (χ2n) is 6.88. The van der Waals surface area contributed by atoms with E-state index in [-0.39, 0.29) is 29.0 Å². The van der Waals surface area contributed by atoms with Gasteiger partial charge in [-0.1, -0.05) is 0 Å². The highest BCUT2D eigenvalue weighted by molar-refractivity contribution is 5.73. The summed E-state index contributed by atoms with van der Waals surface area (Å²) < 4.78 is 48.0. The number of benzene rings is 2. The van der Waals surface area contributed by atoms with Crippen LogP contribution in [0.4, 0.5) is 30.5 Å². The van der Waals surface area contributed by atoms with Crippen LogP contribution in [0.2, 0.25) is 0 Å². The predicted octanol–water partition coefficient (Wildman–Crippen LogP) is 4.71. The first-order valence-corrected chi connectivity index (χ1v) is 9.12. The summed E-state index contributed by atoms with van der Waals surface area (Å²) >= 11 is 0. The number of aromatic nitrogens is 2. The molecular weight excluding hydrogens is 381 g/mol. The molecule has 0 fully saturated rings. The molecule has 1 aliphatic rings. The van der Waals surface area contributed by atoms with E-state index >= 15 is 0 Å². The minimum atomic E-state index is -0.699. The van der Waals surface area contributed by atoms with Gasteiger partial charge in [0.2, 0.25) is 5.95 Å². The van der Waals surface area contributed by atoms with E-state index in [0.29, 0.717) is 24.5 Å². The maximum Gasteiger partial charge on any atom is 0.227 e. The van der Waals surface area contributed by atoms with Crippen molar-refractivity contribution in [2.75, 3.05) is 23.4 Å². The molecule has 0 unspecified atom stereocenters. The van der Waals surface area contributed by atoms with Gasteiger partial charge in [0, 0.05) is 23.4 Å². The van der Waals surface area contributed by atoms with Gasteiger partial charge in [0.1, 0.15) is 18.1 Å². The first kappa shape index (κ1) is 19.0. The lowest BCUT2D eigenvalue weighted by atomic mass is 10.1. The average Bonchev–Trinajstić information content (AvgIpc) is 2.69. The van der Waals surface area contributed by atoms with Crippen molar-refractivity contribution in [3.8, 4) is 17.0 Å². The Morgan fingerprint density at radius 1 is 1.17 bits per heavy atom. The molecule has 0 bridgehead atoms. The van der Waals surface area contributed by atoms with Crippen LogP contribution in [0.25, 0.3) is 11.3 Å². The fourth-order valence-electron chi connectivity index (χ4n) is 3.25. The van der Waals surface area contributed by atoms with E-state index in [9.17, 15) is 13.2 Å². The number of hydrogen-bond acceptors (Lipinski definition) is 5. The first-order chi connectivity index (χ1) is 13.9. The molecule has 1 N–H and O–H groups in total. The lowest BCUT2D eigenvalue weighted by Gasteiger charge is -2.34. The van der Waals surface area contributed by atoms with Gasteiger partial charge in [-0.3, -0.25) is 0 Å². The lowest BCUT2D eigenvalue weighted by molar-refractivity contribution is 0.287. The summed E-state index contributed by atoms with van der Waals surface area (Å²) in [5, 5.41) is 2.81. The molecule has 1 aromatic heterocycles. The fourth-order valence-corrected chi connectivity index (χ4v) is 3.25. The molecule has 0 aliphatic carbocycles. The van der Waals surface area contributed by atoms with E-state index in [0.717, 1.165) is 6.20 Å². The number of fused-ring (bicyclic) bond motifs is 1. The molecule has 3 aromatic rings. The number of halogens is 3. The third-order valence-electron chi connectivity index (χ3n) is 4.58. The van der Waals surface area contributed by atoms with E-state index in [1.165, 1.54) is 18.2 Å². The Labute approximate surface area is 166 Å². The van der Waals surface area contributed by atoms with Crippen LogP contribution in [0.5, 0.6) is 5.75 Å². The maximum absolute atomic E-state index is 14.7. The normalized spacial score (nSPS) is 13.2. The van der Waals surface area contributed by atoms with Crippen LogP contribution in [0.3, 0.4) is 0 Å². The van der Waals surface area contributed by atoms with E-state index in [4.69, 9.17) is 4.74 Å². The molecule has 8 heteroatoms. The Kier molecular flexibility index (Phi) is 5.00. The summed E-state index contributed by atoms with van der Waals surface area (Å²) in [5.74, 6) is -1.63. The first-order valence-electron chi connectivity index (χ1n) is 9.12. The monoisotopic (exact) mass is 399 g/mol. The Balaban J connectivity index is 1.75. The third-order valence-corrected chi connectivity index (χ3v) is 4.58. The number of anilines is 3. The fraction of sp³-hybridized carbons (Fsp3) is 0.238. The summed E-state index contributed by atoms with van der Waals surface area (Å²) in [4.78, 5) is 10.0. The molecule has 4 rings (SSSR count). The summed E-state index contributed by atoms with van der Waals surface area (Å²) in [7, 11) is 0. The number of nitrogens with zero attached hydrogens (tertiary/aromatic N) is 3. The minimum Gasteiger partial charge on any atom is -0.486 e. The largest absolute Gasteiger partial charge is 0.486 e. The van der Waals surface area contributed by atoms with Gasteiger partial charge in [0.15, 0.2) is 17.4 Å². The Morgan fingerprint density at radius 2 is 2.00 bits per heavy atom. The molecule has 0 amide bonds. The number of ether oxygens (including phenoxy) is 1. The van der Waals surface area contributed by atoms with Crippen LogP contribution in [-0.2, 0) is 0 Å². The molecule has 5 nitrogen and oxygen atoms in total. The second-order valence-corrected chi connectivity index (χ2v) is 6.88. The van der Waals surface area contributed by atoms with Crippen molar-refractivity contribution in [2.45, 2.75) is 19.9 Å². The minimum absolute atomic E-state index is 0.0575. The molecule has 1 aliphatic heterocycles. The molecule has 0 spiro atoms. The Hall–Kier alpha value is -3.29. The van der Waals surface area contributed by atoms with Crippen molar-refractivity contribution >= 4 is 17.3 Å². The molecule has 0 saturated heterocycles. The summed E-state index contributed by atoms with van der Waals surface area (Å²) in [6, 6.07) is 9.54. The topological polar surface area (TPSA) is 50.3 Å². The van der Waals surface area contributed by atoms with Crippen molar-refractivity contribution in [1.82, 2.24) is 9.97 Å². The van der Waals surface area contributed by atoms with Crippen LogP contribution < -0.4 is 15.0 Å². The molecule has 2 heterocycles. The smallest absolute Gasteiger partial charge is 0.227 e. The number of hydrogen-bond donors (Lipinski definition) is 1. The van der Waals surface area contributed by atoms with E-state index < -0.39 is 17.5 Å². The average molecular weight is 399 g/mol. The molecule has 149 valence electrons. The number of nitrogens with one attached hydrogen (secondary N) is 1. The van der Waals surface area contributed by atoms with Crippen LogP contribution in [0.15, 0.2) is 36.5 Å². The molecule has 0 atom stereocenters. The van der Waals surface area contributed by atoms with Crippen molar-refractivity contribution in [2.24, 2.45) is 0 Å². The van der Waals surface area contributed by atoms with Crippen LogP contribution in [-0.4, -0.2) is 29.2 Å². The Morgan fingerprint density at radius 3 is 2.76 bits per heavy atom. The van der Waals surface area contributed by atoms with Crippen molar-refractivity contribution in [3.05, 3.63) is 60.0 Å². The van der Waals surface area contributed by atoms with Crippen molar-refractivity contribution in [3.63, 3.8) is 0 Å². The third kappa shape index (κ3) is 3.83. The van der Waals surface area contributed by atoms with Gasteiger partial charge < -0.3 is 15.0 Å². The van der Waals surface area contributed by atoms with Gasteiger partial charge in [0.25, 0.3) is 0 Å². The van der Waals surface area contributed by atoms with Gasteiger partial charge in [-0.15, -0.1) is 0 Å². The highest BCUT2D eigenvalue weighted by atomic mass is 19.1. The molecule has 2 aromatic carbocycles. The zero-order chi connectivity index (χ0) is 20.5. The lowest BCUT2D eigenvalue weighted by Crippen LogP contribution is -2.38. The summed E-state index contributed by atoms with van der Waals surface area (Å²) in [5.41, 5.74) is 1.12. The van der Waals surface area contributed by atoms with Crippen LogP contribution in [0.1, 0.15) is 13.8 Å². The predicted molar refractivity (Wildman–Crippen MR) is 104 cm³/mol. The van der Waals surface area contributed by atoms with Crippen LogP contribution in [0, 0.1) is 23.5 Å². The quantitative estimate of drug-likeness (QED) is 0.689. The van der Waals surface area contributed by atoms with Crippen molar-refractivity contribution in [1.29, 1.82) is 0 Å². The van der Waals surface area contributed by atoms with E-state index in [2.05, 4.69) is 21.4 Å². The van der Waals surface area contributed by atoms with Gasteiger partial charge >= 0.3 is 0 Å². The standard InChI is InChI=1S/C21H18F3N4O/c1-12(2)28-6-7-29-20-16(23)8-13(9-18(20)28)19-17(24)11-25-21(27-19)26-15-5-3-4-14(22)10-15/h3,5,8-12H,6-7H2,1-2H3,(H,25,26,27). The molecular formula is C21H18F3N4O. The van der Waals surface area contributed by atoms with Crippen LogP contribution >= 0.6 is 0 Å². The Bertz CT molecular complexity index is 1060. The highest BCUT2D eigenvalue weighted by Gasteiger charge is 2.25. The second kappa shape index (κ2) is 7.62. The van der Waals surface area contributed by atoms with Gasteiger partial charge in [-0.05, 0) is 44.2 Å². The zero-order valence-electron chi connectivity index (χ0n) is 15.8. The summed E-state index contributed by atoms with van der Waals surface area (Å²) in [6.45, 7) is 4.96. The zero-order valence-corrected chi connectivity index (χ0v) is 15.8. The van der Waals surface area contributed by atoms with Crippen molar-refractivity contribution < 1.29 is 17.9 Å². The number of rotatable bonds is 4. The maximum atomic E-state index is 14.7. The summed E-state index contributed by atoms with van der Waals surface area (Å²) in [6.07, 6.45) is 0.990. The SMILES string of the molecule is CC(C)N1CCOc2c(F)cc(-c3nc(Nc4cc[c]c(F)c4)ncc3F)cc21. The molecule has 29 heavy (non-hydrogen) atoms. The van der Waals surface area contributed by atoms with Gasteiger partial charge in [-0.25, -0.2) is 23.1 Å². The van der Waals surface area contributed by atoms with E-state index in [1.807, 2.05) is 18.7 Å². The van der Waals surface area contributed by atoms with E-state index in [1.54, 1.807) is 12.1 Å². The highest BCUT2D eigenvalue weighted by Crippen LogP contribution is 2.39. The molecule has 1 radical (unpaired) electrons. The van der Waals surface area contributed by atoms with Gasteiger partial charge in [-0.2, -0.15) is 0 Å². The molecule has 0 saturated carbocycles.